The highest BCUT2D eigenvalue weighted by Gasteiger charge is 2.41. The van der Waals surface area contributed by atoms with Crippen molar-refractivity contribution in [1.82, 2.24) is 33.5 Å². The molecule has 0 fully saturated rings. The first-order valence-corrected chi connectivity index (χ1v) is 26.3. The largest absolute Gasteiger partial charge is 0.278 e. The second kappa shape index (κ2) is 16.9. The van der Waals surface area contributed by atoms with Crippen molar-refractivity contribution in [3.05, 3.63) is 261 Å². The lowest BCUT2D eigenvalue weighted by Gasteiger charge is -2.34. The molecule has 0 aliphatic carbocycles. The van der Waals surface area contributed by atoms with Crippen LogP contribution in [0.25, 0.3) is 95.2 Å². The molecule has 4 aromatic heterocycles. The van der Waals surface area contributed by atoms with Gasteiger partial charge in [-0.05, 0) is 91.5 Å². The smallest absolute Gasteiger partial charge is 0.242 e. The van der Waals surface area contributed by atoms with Gasteiger partial charge in [0.1, 0.15) is 0 Å². The third kappa shape index (κ3) is 6.57. The summed E-state index contributed by atoms with van der Waals surface area (Å²) in [5.74, 6) is 2.26. The molecule has 0 saturated heterocycles. The average Bonchev–Trinajstić information content (AvgIpc) is 4.11. The number of para-hydroxylation sites is 4. The lowest BCUT2D eigenvalue weighted by atomic mass is 10.0. The van der Waals surface area contributed by atoms with Crippen molar-refractivity contribution in [1.29, 1.82) is 0 Å². The minimum Gasteiger partial charge on any atom is -0.278 e. The molecular weight excluding hydrogens is 895 g/mol. The van der Waals surface area contributed by atoms with E-state index in [1.807, 2.05) is 6.07 Å². The van der Waals surface area contributed by atoms with Crippen LogP contribution in [0.2, 0.25) is 0 Å². The summed E-state index contributed by atoms with van der Waals surface area (Å²) in [6.45, 7) is 0. The molecule has 0 atom stereocenters. The van der Waals surface area contributed by atoms with Crippen molar-refractivity contribution >= 4 is 78.5 Å². The first kappa shape index (κ1) is 41.5. The van der Waals surface area contributed by atoms with Crippen molar-refractivity contribution in [2.75, 3.05) is 0 Å². The van der Waals surface area contributed by atoms with E-state index in [0.717, 1.165) is 77.5 Å². The number of rotatable bonds is 9. The predicted octanol–water partition coefficient (Wildman–Crippen LogP) is 12.1. The van der Waals surface area contributed by atoms with Gasteiger partial charge in [0.25, 0.3) is 0 Å². The lowest BCUT2D eigenvalue weighted by molar-refractivity contribution is 0.885. The number of benzene rings is 10. The second-order valence-corrected chi connectivity index (χ2v) is 22.1. The highest BCUT2D eigenvalue weighted by atomic mass is 28.3. The Bertz CT molecular complexity index is 4110. The topological polar surface area (TPSA) is 65.8 Å². The molecule has 4 heterocycles. The first-order valence-electron chi connectivity index (χ1n) is 24.3. The summed E-state index contributed by atoms with van der Waals surface area (Å²) in [4.78, 5) is 21.7. The van der Waals surface area contributed by atoms with E-state index in [9.17, 15) is 0 Å². The molecule has 14 rings (SSSR count). The van der Waals surface area contributed by atoms with Crippen LogP contribution in [0.1, 0.15) is 0 Å². The quantitative estimate of drug-likeness (QED) is 0.107. The summed E-state index contributed by atoms with van der Waals surface area (Å²) in [6, 6.07) is 93.3. The van der Waals surface area contributed by atoms with Gasteiger partial charge in [-0.15, -0.1) is 0 Å². The van der Waals surface area contributed by atoms with Crippen molar-refractivity contribution in [2.45, 2.75) is 0 Å². The van der Waals surface area contributed by atoms with E-state index < -0.39 is 8.07 Å². The molecule has 0 radical (unpaired) electrons. The van der Waals surface area contributed by atoms with Gasteiger partial charge in [-0.25, -0.2) is 9.55 Å². The van der Waals surface area contributed by atoms with Gasteiger partial charge in [0.2, 0.25) is 17.7 Å². The maximum absolute atomic E-state index is 5.51. The Kier molecular flexibility index (Phi) is 9.72. The van der Waals surface area contributed by atoms with Gasteiger partial charge in [-0.2, -0.15) is 15.0 Å². The third-order valence-corrected chi connectivity index (χ3v) is 19.1. The van der Waals surface area contributed by atoms with E-state index in [0.29, 0.717) is 17.7 Å². The minimum absolute atomic E-state index is 0.471. The van der Waals surface area contributed by atoms with Crippen molar-refractivity contribution < 1.29 is 0 Å². The van der Waals surface area contributed by atoms with Gasteiger partial charge in [0.05, 0.1) is 33.1 Å². The molecule has 72 heavy (non-hydrogen) atoms. The van der Waals surface area contributed by atoms with Crippen LogP contribution in [-0.2, 0) is 0 Å². The molecule has 0 unspecified atom stereocenters. The van der Waals surface area contributed by atoms with Gasteiger partial charge >= 0.3 is 0 Å². The van der Waals surface area contributed by atoms with Crippen LogP contribution in [0.5, 0.6) is 0 Å². The molecule has 0 aliphatic rings. The van der Waals surface area contributed by atoms with Gasteiger partial charge in [0.15, 0.2) is 13.9 Å². The van der Waals surface area contributed by atoms with Crippen LogP contribution in [0.4, 0.5) is 0 Å². The Balaban J connectivity index is 1.03. The third-order valence-electron chi connectivity index (χ3n) is 14.3. The number of nitrogens with zero attached hydrogens (tertiary/aromatic N) is 7. The fraction of sp³-hybridized carbons (Fsp3) is 0. The van der Waals surface area contributed by atoms with Gasteiger partial charge in [-0.1, -0.05) is 212 Å². The highest BCUT2D eigenvalue weighted by molar-refractivity contribution is 7.19. The second-order valence-electron chi connectivity index (χ2n) is 18.3. The zero-order chi connectivity index (χ0) is 47.6. The molecule has 0 bridgehead atoms. The minimum atomic E-state index is -2.80. The molecule has 0 amide bonds. The number of aromatic nitrogens is 7. The van der Waals surface area contributed by atoms with Gasteiger partial charge in [-0.3, -0.25) is 8.97 Å². The molecule has 7 nitrogen and oxygen atoms in total. The zero-order valence-corrected chi connectivity index (χ0v) is 40.0. The maximum Gasteiger partial charge on any atom is 0.242 e. The summed E-state index contributed by atoms with van der Waals surface area (Å²) in [6.07, 6.45) is 0. The van der Waals surface area contributed by atoms with Crippen LogP contribution in [0, 0.1) is 0 Å². The van der Waals surface area contributed by atoms with E-state index >= 15 is 0 Å². The Labute approximate surface area is 416 Å². The zero-order valence-electron chi connectivity index (χ0n) is 39.0. The van der Waals surface area contributed by atoms with E-state index in [-0.39, 0.29) is 0 Å². The van der Waals surface area contributed by atoms with Crippen LogP contribution < -0.4 is 20.7 Å². The normalized spacial score (nSPS) is 11.9. The summed E-state index contributed by atoms with van der Waals surface area (Å²) in [5, 5.41) is 7.41. The molecule has 10 aromatic carbocycles. The summed E-state index contributed by atoms with van der Waals surface area (Å²) < 4.78 is 6.51. The van der Waals surface area contributed by atoms with E-state index in [1.54, 1.807) is 0 Å². The molecule has 14 aromatic rings. The standard InChI is InChI=1S/C64H43N7Si/c1-6-20-44(21-7-1)47-36-40-56-53(42-47)54-43-48(45-22-8-2-9-23-45)37-41-57(54)69(56)62-66-61(67-63(68-62)71-60-33-19-18-32-59(60)70-58-31-17-16-30-55(58)65-64(70)71)46-34-38-52(39-35-46)72(49-24-10-3-11-25-49,50-26-12-4-13-27-50)51-28-14-5-15-29-51/h1-43H. The van der Waals surface area contributed by atoms with Crippen molar-refractivity contribution in [3.8, 4) is 45.5 Å². The van der Waals surface area contributed by atoms with Crippen LogP contribution in [0.3, 0.4) is 0 Å². The molecule has 0 spiro atoms. The number of hydrogen-bond acceptors (Lipinski definition) is 4. The van der Waals surface area contributed by atoms with E-state index in [1.165, 1.54) is 20.7 Å². The average molecular weight is 938 g/mol. The summed E-state index contributed by atoms with van der Waals surface area (Å²) >= 11 is 0. The van der Waals surface area contributed by atoms with Crippen molar-refractivity contribution in [3.63, 3.8) is 0 Å². The van der Waals surface area contributed by atoms with E-state index in [4.69, 9.17) is 19.9 Å². The highest BCUT2D eigenvalue weighted by Crippen LogP contribution is 2.38. The monoisotopic (exact) mass is 937 g/mol. The molecule has 0 saturated carbocycles. The number of imidazole rings is 2. The number of hydrogen-bond donors (Lipinski definition) is 0. The number of fused-ring (bicyclic) bond motifs is 8. The first-order chi connectivity index (χ1) is 35.7. The summed E-state index contributed by atoms with van der Waals surface area (Å²) in [7, 11) is -2.80. The molecule has 0 aliphatic heterocycles. The Morgan fingerprint density at radius 1 is 0.278 bits per heavy atom. The lowest BCUT2D eigenvalue weighted by Crippen LogP contribution is -2.74. The Morgan fingerprint density at radius 2 is 0.694 bits per heavy atom. The van der Waals surface area contributed by atoms with Crippen molar-refractivity contribution in [2.24, 2.45) is 0 Å². The van der Waals surface area contributed by atoms with Gasteiger partial charge in [0, 0.05) is 16.3 Å². The fourth-order valence-electron chi connectivity index (χ4n) is 11.0. The molecule has 8 heteroatoms. The SMILES string of the molecule is c1ccc(-c2ccc3c(c2)c2cc(-c4ccccc4)ccc2n3-c2nc(-c3ccc([Si](c4ccccc4)(c4ccccc4)c4ccccc4)cc3)nc(-n3c4ccccc4n4c5ccccc5nc34)n2)cc1. The predicted molar refractivity (Wildman–Crippen MR) is 297 cm³/mol. The Hall–Kier alpha value is -9.50. The maximum atomic E-state index is 5.51. The molecular formula is C64H43N7Si. The Morgan fingerprint density at radius 3 is 1.22 bits per heavy atom. The van der Waals surface area contributed by atoms with Crippen LogP contribution in [0.15, 0.2) is 261 Å². The molecule has 338 valence electrons. The van der Waals surface area contributed by atoms with Gasteiger partial charge < -0.3 is 0 Å². The van der Waals surface area contributed by atoms with E-state index in [2.05, 4.69) is 268 Å². The molecule has 0 N–H and O–H groups in total. The summed E-state index contributed by atoms with van der Waals surface area (Å²) in [5.41, 5.74) is 11.3. The van der Waals surface area contributed by atoms with Crippen LogP contribution in [-0.4, -0.2) is 41.5 Å². The van der Waals surface area contributed by atoms with Crippen LogP contribution >= 0.6 is 0 Å². The fourth-order valence-corrected chi connectivity index (χ4v) is 15.8.